The van der Waals surface area contributed by atoms with Gasteiger partial charge in [0.05, 0.1) is 29.1 Å². The van der Waals surface area contributed by atoms with E-state index in [1.165, 1.54) is 24.2 Å². The van der Waals surface area contributed by atoms with Crippen molar-refractivity contribution in [3.8, 4) is 11.4 Å². The van der Waals surface area contributed by atoms with Crippen molar-refractivity contribution >= 4 is 34.8 Å². The van der Waals surface area contributed by atoms with E-state index < -0.39 is 5.91 Å². The van der Waals surface area contributed by atoms with Crippen molar-refractivity contribution in [3.63, 3.8) is 0 Å². The second-order valence-electron chi connectivity index (χ2n) is 4.72. The standard InChI is InChI=1S/C15H11Cl2N5O2/c1-24-14-5-2-9(16)6-11(14)15(23)19-13-7-10(3-4-12(13)17)22-8-18-20-21-22/h2-8H,1H3,(H,19,23). The molecule has 1 aromatic heterocycles. The van der Waals surface area contributed by atoms with Crippen molar-refractivity contribution < 1.29 is 9.53 Å². The molecule has 3 rings (SSSR count). The molecule has 0 aliphatic rings. The zero-order valence-corrected chi connectivity index (χ0v) is 13.9. The second kappa shape index (κ2) is 6.86. The molecular weight excluding hydrogens is 353 g/mol. The van der Waals surface area contributed by atoms with Crippen LogP contribution < -0.4 is 10.1 Å². The van der Waals surface area contributed by atoms with E-state index in [4.69, 9.17) is 27.9 Å². The fourth-order valence-corrected chi connectivity index (χ4v) is 2.42. The summed E-state index contributed by atoms with van der Waals surface area (Å²) in [6.45, 7) is 0. The van der Waals surface area contributed by atoms with Crippen LogP contribution in [-0.2, 0) is 0 Å². The van der Waals surface area contributed by atoms with Gasteiger partial charge in [-0.2, -0.15) is 0 Å². The van der Waals surface area contributed by atoms with Gasteiger partial charge in [-0.1, -0.05) is 23.2 Å². The lowest BCUT2D eigenvalue weighted by atomic mass is 10.1. The van der Waals surface area contributed by atoms with Crippen LogP contribution in [0, 0.1) is 0 Å². The van der Waals surface area contributed by atoms with Gasteiger partial charge in [-0.25, -0.2) is 4.68 Å². The Morgan fingerprint density at radius 1 is 1.21 bits per heavy atom. The van der Waals surface area contributed by atoms with Crippen molar-refractivity contribution in [2.45, 2.75) is 0 Å². The molecule has 0 saturated carbocycles. The molecule has 3 aromatic rings. The molecule has 122 valence electrons. The number of aromatic nitrogens is 4. The number of anilines is 1. The van der Waals surface area contributed by atoms with Gasteiger partial charge in [0.2, 0.25) is 0 Å². The topological polar surface area (TPSA) is 81.9 Å². The number of ether oxygens (including phenoxy) is 1. The summed E-state index contributed by atoms with van der Waals surface area (Å²) in [4.78, 5) is 12.5. The van der Waals surface area contributed by atoms with Crippen LogP contribution in [0.5, 0.6) is 5.75 Å². The molecule has 0 aliphatic heterocycles. The molecule has 0 bridgehead atoms. The van der Waals surface area contributed by atoms with E-state index in [0.717, 1.165) is 0 Å². The van der Waals surface area contributed by atoms with Crippen LogP contribution in [0.4, 0.5) is 5.69 Å². The highest BCUT2D eigenvalue weighted by Gasteiger charge is 2.15. The minimum atomic E-state index is -0.398. The predicted octanol–water partition coefficient (Wildman–Crippen LogP) is 3.23. The number of rotatable bonds is 4. The Labute approximate surface area is 147 Å². The second-order valence-corrected chi connectivity index (χ2v) is 5.56. The highest BCUT2D eigenvalue weighted by molar-refractivity contribution is 6.34. The number of nitrogens with one attached hydrogen (secondary N) is 1. The lowest BCUT2D eigenvalue weighted by Gasteiger charge is -2.12. The Balaban J connectivity index is 1.92. The number of nitrogens with zero attached hydrogens (tertiary/aromatic N) is 4. The van der Waals surface area contributed by atoms with E-state index in [1.807, 2.05) is 0 Å². The van der Waals surface area contributed by atoms with E-state index in [0.29, 0.717) is 32.7 Å². The molecule has 1 N–H and O–H groups in total. The molecule has 7 nitrogen and oxygen atoms in total. The molecule has 1 amide bonds. The maximum atomic E-state index is 12.5. The Morgan fingerprint density at radius 3 is 2.75 bits per heavy atom. The number of carbonyl (C=O) groups is 1. The molecule has 0 spiro atoms. The summed E-state index contributed by atoms with van der Waals surface area (Å²) in [6, 6.07) is 9.82. The number of amides is 1. The Hall–Kier alpha value is -2.64. The Bertz CT molecular complexity index is 884. The third kappa shape index (κ3) is 3.32. The van der Waals surface area contributed by atoms with Gasteiger partial charge in [-0.15, -0.1) is 5.10 Å². The number of hydrogen-bond acceptors (Lipinski definition) is 5. The van der Waals surface area contributed by atoms with Crippen LogP contribution >= 0.6 is 23.2 Å². The summed E-state index contributed by atoms with van der Waals surface area (Å²) in [5, 5.41) is 14.5. The third-order valence-corrected chi connectivity index (χ3v) is 3.78. The molecule has 0 atom stereocenters. The summed E-state index contributed by atoms with van der Waals surface area (Å²) >= 11 is 12.1. The van der Waals surface area contributed by atoms with Gasteiger partial charge in [0.25, 0.3) is 5.91 Å². The lowest BCUT2D eigenvalue weighted by molar-refractivity contribution is 0.102. The Kier molecular flexibility index (Phi) is 4.64. The largest absolute Gasteiger partial charge is 0.496 e. The Morgan fingerprint density at radius 2 is 2.04 bits per heavy atom. The average Bonchev–Trinajstić information content (AvgIpc) is 3.11. The molecule has 0 saturated heterocycles. The average molecular weight is 364 g/mol. The van der Waals surface area contributed by atoms with Crippen molar-refractivity contribution in [1.82, 2.24) is 20.2 Å². The number of methoxy groups -OCH3 is 1. The molecule has 0 fully saturated rings. The van der Waals surface area contributed by atoms with Gasteiger partial charge in [-0.3, -0.25) is 4.79 Å². The minimum absolute atomic E-state index is 0.300. The molecule has 2 aromatic carbocycles. The quantitative estimate of drug-likeness (QED) is 0.769. The highest BCUT2D eigenvalue weighted by Crippen LogP contribution is 2.27. The summed E-state index contributed by atoms with van der Waals surface area (Å²) in [5.74, 6) is 0.00904. The minimum Gasteiger partial charge on any atom is -0.496 e. The first-order chi connectivity index (χ1) is 11.6. The number of halogens is 2. The SMILES string of the molecule is COc1ccc(Cl)cc1C(=O)Nc1cc(-n2cnnn2)ccc1Cl. The maximum Gasteiger partial charge on any atom is 0.259 e. The fourth-order valence-electron chi connectivity index (χ4n) is 2.08. The zero-order chi connectivity index (χ0) is 17.1. The smallest absolute Gasteiger partial charge is 0.259 e. The van der Waals surface area contributed by atoms with Crippen LogP contribution in [0.1, 0.15) is 10.4 Å². The summed E-state index contributed by atoms with van der Waals surface area (Å²) in [5.41, 5.74) is 1.36. The summed E-state index contributed by atoms with van der Waals surface area (Å²) in [6.07, 6.45) is 1.44. The van der Waals surface area contributed by atoms with Crippen LogP contribution in [-0.4, -0.2) is 33.2 Å². The van der Waals surface area contributed by atoms with E-state index in [9.17, 15) is 4.79 Å². The van der Waals surface area contributed by atoms with Crippen molar-refractivity contribution in [3.05, 3.63) is 58.3 Å². The molecule has 1 heterocycles. The van der Waals surface area contributed by atoms with E-state index in [1.54, 1.807) is 30.3 Å². The van der Waals surface area contributed by atoms with Gasteiger partial charge in [-0.05, 0) is 46.8 Å². The van der Waals surface area contributed by atoms with Crippen LogP contribution in [0.2, 0.25) is 10.0 Å². The van der Waals surface area contributed by atoms with Gasteiger partial charge in [0.15, 0.2) is 0 Å². The third-order valence-electron chi connectivity index (χ3n) is 3.22. The molecule has 0 unspecified atom stereocenters. The molecule has 0 radical (unpaired) electrons. The van der Waals surface area contributed by atoms with E-state index in [2.05, 4.69) is 20.8 Å². The fraction of sp³-hybridized carbons (Fsp3) is 0.0667. The van der Waals surface area contributed by atoms with Crippen molar-refractivity contribution in [2.24, 2.45) is 0 Å². The molecule has 9 heteroatoms. The maximum absolute atomic E-state index is 12.5. The predicted molar refractivity (Wildman–Crippen MR) is 90.1 cm³/mol. The van der Waals surface area contributed by atoms with Crippen LogP contribution in [0.25, 0.3) is 5.69 Å². The first-order valence-corrected chi connectivity index (χ1v) is 7.52. The van der Waals surface area contributed by atoms with E-state index in [-0.39, 0.29) is 0 Å². The van der Waals surface area contributed by atoms with Gasteiger partial charge < -0.3 is 10.1 Å². The van der Waals surface area contributed by atoms with E-state index >= 15 is 0 Å². The number of tetrazole rings is 1. The molecule has 24 heavy (non-hydrogen) atoms. The normalized spacial score (nSPS) is 10.5. The zero-order valence-electron chi connectivity index (χ0n) is 12.4. The number of carbonyl (C=O) groups excluding carboxylic acids is 1. The summed E-state index contributed by atoms with van der Waals surface area (Å²) in [7, 11) is 1.48. The van der Waals surface area contributed by atoms with Gasteiger partial charge in [0.1, 0.15) is 12.1 Å². The first kappa shape index (κ1) is 16.2. The van der Waals surface area contributed by atoms with Crippen molar-refractivity contribution in [1.29, 1.82) is 0 Å². The lowest BCUT2D eigenvalue weighted by Crippen LogP contribution is -2.14. The van der Waals surface area contributed by atoms with Gasteiger partial charge >= 0.3 is 0 Å². The highest BCUT2D eigenvalue weighted by atomic mass is 35.5. The summed E-state index contributed by atoms with van der Waals surface area (Å²) < 4.78 is 6.64. The molecule has 0 aliphatic carbocycles. The van der Waals surface area contributed by atoms with Gasteiger partial charge in [0, 0.05) is 5.02 Å². The molecular formula is C15H11Cl2N5O2. The van der Waals surface area contributed by atoms with Crippen LogP contribution in [0.3, 0.4) is 0 Å². The number of benzene rings is 2. The van der Waals surface area contributed by atoms with Crippen LogP contribution in [0.15, 0.2) is 42.7 Å². The first-order valence-electron chi connectivity index (χ1n) is 6.76. The van der Waals surface area contributed by atoms with Crippen molar-refractivity contribution in [2.75, 3.05) is 12.4 Å². The monoisotopic (exact) mass is 363 g/mol. The number of hydrogen-bond donors (Lipinski definition) is 1.